The van der Waals surface area contributed by atoms with Gasteiger partial charge in [0.15, 0.2) is 0 Å². The van der Waals surface area contributed by atoms with Crippen molar-refractivity contribution in [2.45, 2.75) is 57.9 Å². The minimum Gasteiger partial charge on any atom is -0.299 e. The van der Waals surface area contributed by atoms with Crippen LogP contribution < -0.4 is 4.72 Å². The van der Waals surface area contributed by atoms with Gasteiger partial charge >= 0.3 is 0 Å². The molecule has 1 aliphatic rings. The van der Waals surface area contributed by atoms with Gasteiger partial charge in [-0.2, -0.15) is 0 Å². The van der Waals surface area contributed by atoms with E-state index in [0.29, 0.717) is 12.3 Å². The van der Waals surface area contributed by atoms with E-state index in [1.54, 1.807) is 31.2 Å². The lowest BCUT2D eigenvalue weighted by Gasteiger charge is -2.42. The van der Waals surface area contributed by atoms with Crippen molar-refractivity contribution in [2.75, 3.05) is 0 Å². The molecule has 1 N–H and O–H groups in total. The van der Waals surface area contributed by atoms with Crippen LogP contribution >= 0.6 is 0 Å². The fourth-order valence-electron chi connectivity index (χ4n) is 3.07. The Hall–Kier alpha value is -1.20. The Balaban J connectivity index is 2.29. The highest BCUT2D eigenvalue weighted by Gasteiger charge is 2.44. The van der Waals surface area contributed by atoms with Crippen LogP contribution in [-0.2, 0) is 14.8 Å². The zero-order valence-corrected chi connectivity index (χ0v) is 14.5. The second-order valence-electron chi connectivity index (χ2n) is 6.84. The van der Waals surface area contributed by atoms with E-state index in [4.69, 9.17) is 0 Å². The molecule has 0 bridgehead atoms. The lowest BCUT2D eigenvalue weighted by atomic mass is 9.67. The van der Waals surface area contributed by atoms with E-state index in [0.717, 1.165) is 18.4 Å². The second-order valence-corrected chi connectivity index (χ2v) is 8.55. The van der Waals surface area contributed by atoms with E-state index in [-0.39, 0.29) is 16.7 Å². The van der Waals surface area contributed by atoms with Crippen molar-refractivity contribution in [3.8, 4) is 0 Å². The van der Waals surface area contributed by atoms with E-state index in [2.05, 4.69) is 11.6 Å². The van der Waals surface area contributed by atoms with Crippen LogP contribution in [0.15, 0.2) is 29.2 Å². The Morgan fingerprint density at radius 1 is 1.27 bits per heavy atom. The van der Waals surface area contributed by atoms with E-state index in [1.807, 2.05) is 13.8 Å². The molecule has 122 valence electrons. The molecule has 0 spiro atoms. The van der Waals surface area contributed by atoms with Crippen LogP contribution in [0.5, 0.6) is 0 Å². The lowest BCUT2D eigenvalue weighted by Crippen LogP contribution is -2.52. The van der Waals surface area contributed by atoms with Gasteiger partial charge in [-0.1, -0.05) is 31.5 Å². The quantitative estimate of drug-likeness (QED) is 0.926. The molecule has 0 unspecified atom stereocenters. The molecule has 1 aromatic carbocycles. The molecule has 0 aliphatic heterocycles. The predicted octanol–water partition coefficient (Wildman–Crippen LogP) is 3.06. The number of ketones is 1. The molecule has 3 atom stereocenters. The third kappa shape index (κ3) is 3.41. The number of carbonyl (C=O) groups excluding carboxylic acids is 1. The van der Waals surface area contributed by atoms with Crippen molar-refractivity contribution in [3.05, 3.63) is 29.8 Å². The van der Waals surface area contributed by atoms with Gasteiger partial charge in [-0.3, -0.25) is 4.79 Å². The molecule has 0 amide bonds. The van der Waals surface area contributed by atoms with Gasteiger partial charge in [0.1, 0.15) is 5.78 Å². The zero-order chi connectivity index (χ0) is 16.5. The topological polar surface area (TPSA) is 63.2 Å². The van der Waals surface area contributed by atoms with Gasteiger partial charge in [0.05, 0.1) is 4.90 Å². The minimum atomic E-state index is -3.61. The van der Waals surface area contributed by atoms with Crippen LogP contribution in [0.4, 0.5) is 0 Å². The summed E-state index contributed by atoms with van der Waals surface area (Å²) >= 11 is 0. The monoisotopic (exact) mass is 323 g/mol. The van der Waals surface area contributed by atoms with Crippen LogP contribution in [0.1, 0.15) is 45.6 Å². The Kier molecular flexibility index (Phi) is 4.78. The van der Waals surface area contributed by atoms with Gasteiger partial charge in [0.2, 0.25) is 10.0 Å². The minimum absolute atomic E-state index is 0.0519. The van der Waals surface area contributed by atoms with Gasteiger partial charge in [0.25, 0.3) is 0 Å². The number of carbonyl (C=O) groups is 1. The number of rotatable bonds is 4. The molecular formula is C17H25NO3S. The molecule has 2 rings (SSSR count). The van der Waals surface area contributed by atoms with Crippen molar-refractivity contribution in [1.29, 1.82) is 0 Å². The molecule has 0 saturated heterocycles. The SMILES string of the molecule is CC(=O)[C@]1(C)CC[C@@H](C)C[C@@H]1NS(=O)(=O)c1ccc(C)cc1. The molecule has 22 heavy (non-hydrogen) atoms. The normalized spacial score (nSPS) is 29.3. The van der Waals surface area contributed by atoms with Gasteiger partial charge in [-0.25, -0.2) is 13.1 Å². The first-order valence-corrected chi connectivity index (χ1v) is 9.23. The highest BCUT2D eigenvalue weighted by Crippen LogP contribution is 2.40. The summed E-state index contributed by atoms with van der Waals surface area (Å²) in [6, 6.07) is 6.43. The van der Waals surface area contributed by atoms with Gasteiger partial charge in [-0.05, 0) is 51.2 Å². The third-order valence-corrected chi connectivity index (χ3v) is 6.48. The summed E-state index contributed by atoms with van der Waals surface area (Å²) in [5, 5.41) is 0. The number of hydrogen-bond donors (Lipinski definition) is 1. The molecule has 4 nitrogen and oxygen atoms in total. The highest BCUT2D eigenvalue weighted by atomic mass is 32.2. The first kappa shape index (κ1) is 17.2. The molecule has 0 heterocycles. The summed E-state index contributed by atoms with van der Waals surface area (Å²) in [5.41, 5.74) is 0.392. The van der Waals surface area contributed by atoms with E-state index in [9.17, 15) is 13.2 Å². The Labute approximate surface area is 133 Å². The number of Topliss-reactive ketones (excluding diaryl/α,β-unsaturated/α-hetero) is 1. The molecule has 1 fully saturated rings. The van der Waals surface area contributed by atoms with Gasteiger partial charge < -0.3 is 0 Å². The second kappa shape index (κ2) is 6.13. The van der Waals surface area contributed by atoms with Crippen LogP contribution in [0.2, 0.25) is 0 Å². The van der Waals surface area contributed by atoms with Crippen LogP contribution in [0, 0.1) is 18.3 Å². The zero-order valence-electron chi connectivity index (χ0n) is 13.7. The summed E-state index contributed by atoms with van der Waals surface area (Å²) < 4.78 is 28.0. The van der Waals surface area contributed by atoms with Crippen molar-refractivity contribution in [1.82, 2.24) is 4.72 Å². The highest BCUT2D eigenvalue weighted by molar-refractivity contribution is 7.89. The number of nitrogens with one attached hydrogen (secondary N) is 1. The predicted molar refractivity (Wildman–Crippen MR) is 87.1 cm³/mol. The van der Waals surface area contributed by atoms with Gasteiger partial charge in [0, 0.05) is 11.5 Å². The van der Waals surface area contributed by atoms with Crippen molar-refractivity contribution < 1.29 is 13.2 Å². The summed E-state index contributed by atoms with van der Waals surface area (Å²) in [6.45, 7) is 7.46. The largest absolute Gasteiger partial charge is 0.299 e. The molecule has 1 saturated carbocycles. The van der Waals surface area contributed by atoms with Gasteiger partial charge in [-0.15, -0.1) is 0 Å². The lowest BCUT2D eigenvalue weighted by molar-refractivity contribution is -0.129. The maximum Gasteiger partial charge on any atom is 0.240 e. The fraction of sp³-hybridized carbons (Fsp3) is 0.588. The molecule has 1 aromatic rings. The Morgan fingerprint density at radius 3 is 2.41 bits per heavy atom. The van der Waals surface area contributed by atoms with Crippen LogP contribution in [0.25, 0.3) is 0 Å². The average Bonchev–Trinajstić information content (AvgIpc) is 2.43. The summed E-state index contributed by atoms with van der Waals surface area (Å²) in [6.07, 6.45) is 2.38. The van der Waals surface area contributed by atoms with E-state index in [1.165, 1.54) is 0 Å². The van der Waals surface area contributed by atoms with Crippen LogP contribution in [0.3, 0.4) is 0 Å². The van der Waals surface area contributed by atoms with E-state index >= 15 is 0 Å². The molecular weight excluding hydrogens is 298 g/mol. The summed E-state index contributed by atoms with van der Waals surface area (Å²) in [4.78, 5) is 12.3. The summed E-state index contributed by atoms with van der Waals surface area (Å²) in [7, 11) is -3.61. The number of hydrogen-bond acceptors (Lipinski definition) is 3. The number of sulfonamides is 1. The number of aryl methyl sites for hydroxylation is 1. The third-order valence-electron chi connectivity index (χ3n) is 5.00. The molecule has 5 heteroatoms. The first-order valence-electron chi connectivity index (χ1n) is 7.75. The maximum atomic E-state index is 12.6. The van der Waals surface area contributed by atoms with E-state index < -0.39 is 15.4 Å². The average molecular weight is 323 g/mol. The first-order chi connectivity index (χ1) is 10.1. The summed E-state index contributed by atoms with van der Waals surface area (Å²) in [5.74, 6) is 0.467. The smallest absolute Gasteiger partial charge is 0.240 e. The molecule has 0 radical (unpaired) electrons. The van der Waals surface area contributed by atoms with Crippen LogP contribution in [-0.4, -0.2) is 20.2 Å². The standard InChI is InChI=1S/C17H25NO3S/c1-12-5-7-15(8-6-12)22(20,21)18-16-11-13(2)9-10-17(16,4)14(3)19/h5-8,13,16,18H,9-11H2,1-4H3/t13-,16+,17+/m1/s1. The Morgan fingerprint density at radius 2 is 1.86 bits per heavy atom. The molecule has 0 aromatic heterocycles. The van der Waals surface area contributed by atoms with Crippen molar-refractivity contribution >= 4 is 15.8 Å². The maximum absolute atomic E-state index is 12.6. The fourth-order valence-corrected chi connectivity index (χ4v) is 4.43. The Bertz CT molecular complexity index is 651. The number of benzene rings is 1. The van der Waals surface area contributed by atoms with Crippen molar-refractivity contribution in [3.63, 3.8) is 0 Å². The van der Waals surface area contributed by atoms with Crippen molar-refractivity contribution in [2.24, 2.45) is 11.3 Å². The molecule has 1 aliphatic carbocycles.